The van der Waals surface area contributed by atoms with Gasteiger partial charge in [-0.1, -0.05) is 135 Å². The lowest BCUT2D eigenvalue weighted by molar-refractivity contribution is -0.0676. The molecule has 4 aromatic rings. The molecule has 119 heavy (non-hydrogen) atoms. The van der Waals surface area contributed by atoms with Gasteiger partial charge in [0.15, 0.2) is 25.3 Å². The summed E-state index contributed by atoms with van der Waals surface area (Å²) >= 11 is 0. The van der Waals surface area contributed by atoms with E-state index in [0.717, 1.165) is 135 Å². The standard InChI is InChI=1S/C27H36N4O.C24H36N4O2.C23H33FN4O.C23H34N4O/c1-18(16-31-29-17-28-30-31)24-7-8-25-23-6-5-20-15-27(32,13-9-19-3-4-19)14-11-21(20)22(23)10-12-26(24,25)2;1-16(13-28-26-15-25-27-28)21-6-7-22-20-5-4-17-12-24(29,14-30-3)11-9-18(17)19(20)8-10-23(21,22)2;1-15(12-28-26-14-25-27-28)20-5-6-21-19-4-3-16-11-23(29,13-24)10-8-17(16)18(19)7-9-22(20,21)2;1-15(13-27-25-14-24-26-27)20-6-7-21-19-5-4-16-12-22(2,28)10-8-17(16)18(19)9-11-23(20,21)3/h5,17,19,21-25,32H,1,3-4,6-8,10-12,14-16H2,2H3;4,15,18-22,29H,1,5-14H2,2-3H3;3,14,17-21,29H,1,4-13H2,2H3;4,14,17-21,28H,1,5-13H2,2-3H3/t21-,22+,23+,24+,25-,26+,27-;18-,19+,20+,21+,22-,23+,24-;17-,18+,19+,20+,21-,22+,23-;17-,18+,19+,20+,21-,22-,23+/m0000/s1. The fourth-order valence-electron chi connectivity index (χ4n) is 31.5. The van der Waals surface area contributed by atoms with E-state index in [1.807, 2.05) is 6.92 Å². The van der Waals surface area contributed by atoms with Crippen molar-refractivity contribution in [3.8, 4) is 11.8 Å². The van der Waals surface area contributed by atoms with E-state index in [9.17, 15) is 24.8 Å². The number of aromatic nitrogens is 16. The molecule has 17 aliphatic carbocycles. The van der Waals surface area contributed by atoms with Gasteiger partial charge in [-0.15, -0.1) is 40.8 Å². The minimum absolute atomic E-state index is 0.304. The van der Waals surface area contributed by atoms with Gasteiger partial charge in [0, 0.05) is 19.4 Å². The van der Waals surface area contributed by atoms with Crippen LogP contribution in [0.2, 0.25) is 0 Å². The fraction of sp³-hybridized carbons (Fsp3) is 0.773. The van der Waals surface area contributed by atoms with Crippen LogP contribution in [0.4, 0.5) is 4.39 Å². The van der Waals surface area contributed by atoms with Crippen LogP contribution >= 0.6 is 0 Å². The van der Waals surface area contributed by atoms with E-state index < -0.39 is 29.1 Å². The topological polar surface area (TPSA) is 265 Å². The van der Waals surface area contributed by atoms with Crippen LogP contribution in [0.25, 0.3) is 0 Å². The number of allylic oxidation sites excluding steroid dienone is 8. The lowest BCUT2D eigenvalue weighted by Crippen LogP contribution is -2.48. The molecule has 0 aromatic carbocycles. The van der Waals surface area contributed by atoms with Gasteiger partial charge in [-0.05, 0) is 380 Å². The highest BCUT2D eigenvalue weighted by molar-refractivity contribution is 5.32. The van der Waals surface area contributed by atoms with Crippen LogP contribution in [0.1, 0.15) is 253 Å². The van der Waals surface area contributed by atoms with Crippen molar-refractivity contribution in [2.75, 3.05) is 20.4 Å². The fourth-order valence-corrected chi connectivity index (χ4v) is 31.5. The molecule has 21 rings (SSSR count). The number of halogens is 1. The Hall–Kier alpha value is -6.51. The number of nitrogens with zero attached hydrogens (tertiary/aromatic N) is 16. The largest absolute Gasteiger partial charge is 0.390 e. The Labute approximate surface area is 706 Å². The molecule has 4 N–H and O–H groups in total. The summed E-state index contributed by atoms with van der Waals surface area (Å²) in [5, 5.41) is 91.3. The van der Waals surface area contributed by atoms with Gasteiger partial charge in [0.25, 0.3) is 0 Å². The average molecular weight is 1630 g/mol. The SMILES string of the molecule is C=C(Cn1ncnn1)[C@H]1CC[C@H]2[C@@H]3CC=C4C[C@@](C)(O)CC[C@@H]4[C@H]3CC[C@]12C.C=C(Cn1ncnn1)[C@H]1CC[C@H]2[C@@H]3CC=C4C[C@](O)(C#CC5CC5)CC[C@@H]4[C@H]3CC[C@]12C.C=C(Cn1ncnn1)[C@H]1CC[C@H]2[C@@H]3CC=C4C[C@](O)(CF)CC[C@@H]4[C@H]3CC[C@]12C.C=C(Cn1ncnn1)[C@H]1CC[C@H]2[C@@H]3CC=C4C[C@](O)(COC)CC[C@@H]4[C@H]3CC[C@]12C. The van der Waals surface area contributed by atoms with E-state index >= 15 is 0 Å². The smallest absolute Gasteiger partial charge is 0.162 e. The quantitative estimate of drug-likeness (QED) is 0.0636. The lowest BCUT2D eigenvalue weighted by atomic mass is 9.51. The Balaban J connectivity index is 0.000000109. The summed E-state index contributed by atoms with van der Waals surface area (Å²) in [7, 11) is 1.70. The number of ether oxygens (including phenoxy) is 1. The molecule has 28 atom stereocenters. The molecular weight excluding hydrogens is 1490 g/mol. The minimum atomic E-state index is -1.11. The number of rotatable bonds is 15. The Morgan fingerprint density at radius 2 is 0.714 bits per heavy atom. The maximum absolute atomic E-state index is 13.3. The first-order valence-electron chi connectivity index (χ1n) is 47.0. The van der Waals surface area contributed by atoms with Crippen LogP contribution in [0.15, 0.2) is 121 Å². The Bertz CT molecular complexity index is 4520. The normalized spacial score (nSPS) is 43.5. The average Bonchev–Trinajstić information content (AvgIpc) is 1.63. The molecule has 0 spiro atoms. The van der Waals surface area contributed by atoms with Crippen LogP contribution in [-0.4, -0.2) is 144 Å². The number of fused-ring (bicyclic) bond motifs is 20. The van der Waals surface area contributed by atoms with Crippen molar-refractivity contribution in [2.24, 2.45) is 146 Å². The van der Waals surface area contributed by atoms with Gasteiger partial charge in [-0.3, -0.25) is 0 Å². The van der Waals surface area contributed by atoms with Crippen molar-refractivity contribution >= 4 is 0 Å². The van der Waals surface area contributed by atoms with Crippen LogP contribution in [0.5, 0.6) is 0 Å². The van der Waals surface area contributed by atoms with Gasteiger partial charge in [-0.25, -0.2) is 4.39 Å². The highest BCUT2D eigenvalue weighted by Gasteiger charge is 2.62. The van der Waals surface area contributed by atoms with E-state index in [2.05, 4.69) is 152 Å². The molecule has 13 saturated carbocycles. The van der Waals surface area contributed by atoms with Crippen molar-refractivity contribution in [1.82, 2.24) is 80.8 Å². The van der Waals surface area contributed by atoms with Gasteiger partial charge in [0.05, 0.1) is 49.6 Å². The summed E-state index contributed by atoms with van der Waals surface area (Å²) in [6.07, 6.45) is 54.3. The Morgan fingerprint density at radius 1 is 0.395 bits per heavy atom. The maximum Gasteiger partial charge on any atom is 0.162 e. The molecule has 0 amide bonds. The maximum atomic E-state index is 13.3. The van der Waals surface area contributed by atoms with Gasteiger partial charge < -0.3 is 25.2 Å². The molecule has 0 bridgehead atoms. The number of methoxy groups -OCH3 is 1. The number of hydrogen-bond donors (Lipinski definition) is 4. The first kappa shape index (κ1) is 83.4. The molecule has 22 heteroatoms. The van der Waals surface area contributed by atoms with Crippen LogP contribution in [-0.2, 0) is 30.9 Å². The van der Waals surface area contributed by atoms with Gasteiger partial charge >= 0.3 is 0 Å². The number of alkyl halides is 1. The van der Waals surface area contributed by atoms with E-state index in [-0.39, 0.29) is 0 Å². The number of aliphatic hydroxyl groups is 4. The first-order valence-corrected chi connectivity index (χ1v) is 47.0. The molecule has 4 aromatic heterocycles. The zero-order valence-electron chi connectivity index (χ0n) is 72.6. The molecule has 13 fully saturated rings. The van der Waals surface area contributed by atoms with Gasteiger partial charge in [0.1, 0.15) is 12.3 Å². The summed E-state index contributed by atoms with van der Waals surface area (Å²) < 4.78 is 18.6. The third-order valence-corrected chi connectivity index (χ3v) is 37.1. The highest BCUT2D eigenvalue weighted by atomic mass is 19.1. The van der Waals surface area contributed by atoms with Crippen LogP contribution < -0.4 is 0 Å². The second kappa shape index (κ2) is 32.9. The van der Waals surface area contributed by atoms with Crippen molar-refractivity contribution in [3.05, 3.63) is 121 Å². The Kier molecular flexibility index (Phi) is 23.0. The molecule has 644 valence electrons. The van der Waals surface area contributed by atoms with Crippen molar-refractivity contribution in [1.29, 1.82) is 0 Å². The molecule has 0 radical (unpaired) electrons. The first-order chi connectivity index (χ1) is 57.2. The molecule has 0 unspecified atom stereocenters. The van der Waals surface area contributed by atoms with Crippen molar-refractivity contribution in [2.45, 2.75) is 302 Å². The van der Waals surface area contributed by atoms with Gasteiger partial charge in [0.2, 0.25) is 0 Å². The summed E-state index contributed by atoms with van der Waals surface area (Å²) in [4.78, 5) is 6.67. The Morgan fingerprint density at radius 3 is 1.04 bits per heavy atom. The zero-order chi connectivity index (χ0) is 82.6. The third-order valence-electron chi connectivity index (χ3n) is 37.1. The zero-order valence-corrected chi connectivity index (χ0v) is 72.6. The molecule has 0 aliphatic heterocycles. The van der Waals surface area contributed by atoms with E-state index in [1.165, 1.54) is 206 Å². The van der Waals surface area contributed by atoms with E-state index in [1.54, 1.807) is 31.9 Å². The van der Waals surface area contributed by atoms with Crippen molar-refractivity contribution < 1.29 is 29.6 Å². The minimum Gasteiger partial charge on any atom is -0.390 e. The van der Waals surface area contributed by atoms with Crippen LogP contribution in [0.3, 0.4) is 0 Å². The predicted molar refractivity (Wildman–Crippen MR) is 454 cm³/mol. The van der Waals surface area contributed by atoms with E-state index in [4.69, 9.17) is 4.74 Å². The number of hydrogen-bond acceptors (Lipinski definition) is 17. The monoisotopic (exact) mass is 1630 g/mol. The van der Waals surface area contributed by atoms with Crippen molar-refractivity contribution in [3.63, 3.8) is 0 Å². The second-order valence-electron chi connectivity index (χ2n) is 43.4. The summed E-state index contributed by atoms with van der Waals surface area (Å²) in [6, 6.07) is 0. The molecular formula is C97H139FN16O5. The predicted octanol–water partition coefficient (Wildman–Crippen LogP) is 16.6. The molecule has 0 saturated heterocycles. The van der Waals surface area contributed by atoms with E-state index in [0.29, 0.717) is 121 Å². The van der Waals surface area contributed by atoms with Gasteiger partial charge in [-0.2, -0.15) is 19.2 Å². The van der Waals surface area contributed by atoms with Crippen LogP contribution in [0, 0.1) is 158 Å². The summed E-state index contributed by atoms with van der Waals surface area (Å²) in [5.74, 6) is 21.3. The summed E-state index contributed by atoms with van der Waals surface area (Å²) in [5.41, 5.74) is 9.35. The number of tetrazole rings is 4. The summed E-state index contributed by atoms with van der Waals surface area (Å²) in [6.45, 7) is 32.6. The molecule has 4 heterocycles. The third kappa shape index (κ3) is 15.9. The second-order valence-corrected chi connectivity index (χ2v) is 43.4. The molecule has 17 aliphatic rings. The highest BCUT2D eigenvalue weighted by Crippen LogP contribution is 2.70. The molecule has 21 nitrogen and oxygen atoms in total. The lowest BCUT2D eigenvalue weighted by Gasteiger charge is -2.54.